The summed E-state index contributed by atoms with van der Waals surface area (Å²) < 4.78 is 19.0. The number of anilines is 2. The van der Waals surface area contributed by atoms with Crippen LogP contribution in [0.15, 0.2) is 46.4 Å². The second-order valence-electron chi connectivity index (χ2n) is 6.31. The number of methoxy groups -OCH3 is 2. The van der Waals surface area contributed by atoms with E-state index in [1.165, 1.54) is 11.9 Å². The fraction of sp³-hybridized carbons (Fsp3) is 0.211. The van der Waals surface area contributed by atoms with E-state index in [9.17, 15) is 0 Å². The maximum absolute atomic E-state index is 5.60. The summed E-state index contributed by atoms with van der Waals surface area (Å²) in [6.07, 6.45) is 7.41. The average molecular weight is 490 g/mol. The molecule has 4 aromatic rings. The standard InChI is InChI=1S/C19H20BrN7O2S/c1-21-18-19-22-8-14(27(19)10-16(20)24-18)11-5-13(17(29-4)15(6-11)28-3)25-30-12-7-23-26(2)9-12/h5-10,25H,1-4H3,(H,21,24). The number of hydrogen-bond acceptors (Lipinski definition) is 8. The van der Waals surface area contributed by atoms with Crippen molar-refractivity contribution in [2.45, 2.75) is 4.90 Å². The predicted molar refractivity (Wildman–Crippen MR) is 121 cm³/mol. The average Bonchev–Trinajstić information content (AvgIpc) is 3.36. The molecule has 0 aliphatic rings. The summed E-state index contributed by atoms with van der Waals surface area (Å²) in [5.41, 5.74) is 3.30. The van der Waals surface area contributed by atoms with Gasteiger partial charge in [-0.2, -0.15) is 5.10 Å². The van der Waals surface area contributed by atoms with Gasteiger partial charge in [-0.3, -0.25) is 9.08 Å². The number of halogens is 1. The van der Waals surface area contributed by atoms with Gasteiger partial charge in [0, 0.05) is 32.1 Å². The molecular weight excluding hydrogens is 470 g/mol. The normalized spacial score (nSPS) is 11.0. The maximum Gasteiger partial charge on any atom is 0.184 e. The quantitative estimate of drug-likeness (QED) is 0.375. The van der Waals surface area contributed by atoms with Gasteiger partial charge in [0.1, 0.15) is 4.60 Å². The SMILES string of the molecule is CNc1nc(Br)cn2c(-c3cc(NSc4cnn(C)c4)c(OC)c(OC)c3)cnc12. The van der Waals surface area contributed by atoms with E-state index < -0.39 is 0 Å². The van der Waals surface area contributed by atoms with Crippen molar-refractivity contribution in [3.8, 4) is 22.8 Å². The van der Waals surface area contributed by atoms with Crippen molar-refractivity contribution < 1.29 is 9.47 Å². The lowest BCUT2D eigenvalue weighted by molar-refractivity contribution is 0.356. The molecule has 1 aromatic carbocycles. The highest BCUT2D eigenvalue weighted by Gasteiger charge is 2.17. The monoisotopic (exact) mass is 489 g/mol. The molecule has 4 rings (SSSR count). The van der Waals surface area contributed by atoms with Crippen LogP contribution in [-0.2, 0) is 7.05 Å². The predicted octanol–water partition coefficient (Wildman–Crippen LogP) is 4.07. The van der Waals surface area contributed by atoms with E-state index >= 15 is 0 Å². The van der Waals surface area contributed by atoms with Crippen LogP contribution < -0.4 is 19.5 Å². The van der Waals surface area contributed by atoms with Gasteiger partial charge < -0.3 is 19.5 Å². The third kappa shape index (κ3) is 3.77. The molecule has 30 heavy (non-hydrogen) atoms. The van der Waals surface area contributed by atoms with Gasteiger partial charge in [-0.15, -0.1) is 0 Å². The zero-order valence-corrected chi connectivity index (χ0v) is 19.2. The Morgan fingerprint density at radius 2 is 1.97 bits per heavy atom. The molecule has 9 nitrogen and oxygen atoms in total. The van der Waals surface area contributed by atoms with Crippen LogP contribution in [0.3, 0.4) is 0 Å². The Balaban J connectivity index is 1.80. The lowest BCUT2D eigenvalue weighted by atomic mass is 10.1. The molecule has 0 amide bonds. The zero-order chi connectivity index (χ0) is 21.3. The molecule has 0 aliphatic carbocycles. The molecule has 0 fully saturated rings. The summed E-state index contributed by atoms with van der Waals surface area (Å²) in [5.74, 6) is 1.91. The summed E-state index contributed by atoms with van der Waals surface area (Å²) in [6.45, 7) is 0. The first-order valence-electron chi connectivity index (χ1n) is 8.93. The smallest absolute Gasteiger partial charge is 0.184 e. The van der Waals surface area contributed by atoms with E-state index in [0.29, 0.717) is 21.9 Å². The third-order valence-electron chi connectivity index (χ3n) is 4.43. The van der Waals surface area contributed by atoms with Crippen molar-refractivity contribution in [3.63, 3.8) is 0 Å². The van der Waals surface area contributed by atoms with Gasteiger partial charge in [0.15, 0.2) is 23.0 Å². The first-order valence-corrected chi connectivity index (χ1v) is 10.5. The van der Waals surface area contributed by atoms with E-state index in [4.69, 9.17) is 9.47 Å². The minimum absolute atomic E-state index is 0.612. The van der Waals surface area contributed by atoms with Crippen molar-refractivity contribution in [2.24, 2.45) is 7.05 Å². The van der Waals surface area contributed by atoms with E-state index in [0.717, 1.165) is 27.5 Å². The molecular formula is C19H20BrN7O2S. The fourth-order valence-corrected chi connectivity index (χ4v) is 4.16. The summed E-state index contributed by atoms with van der Waals surface area (Å²) in [7, 11) is 6.93. The van der Waals surface area contributed by atoms with Crippen LogP contribution in [0, 0.1) is 0 Å². The molecule has 156 valence electrons. The molecule has 0 radical (unpaired) electrons. The molecule has 0 unspecified atom stereocenters. The Labute approximate surface area is 186 Å². The Morgan fingerprint density at radius 1 is 1.13 bits per heavy atom. The van der Waals surface area contributed by atoms with Gasteiger partial charge in [-0.25, -0.2) is 9.97 Å². The number of fused-ring (bicyclic) bond motifs is 1. The Bertz CT molecular complexity index is 1210. The van der Waals surface area contributed by atoms with Crippen molar-refractivity contribution >= 4 is 45.0 Å². The summed E-state index contributed by atoms with van der Waals surface area (Å²) >= 11 is 4.91. The van der Waals surface area contributed by atoms with E-state index in [1.807, 2.05) is 49.2 Å². The minimum Gasteiger partial charge on any atom is -0.493 e. The molecule has 0 aliphatic heterocycles. The lowest BCUT2D eigenvalue weighted by Crippen LogP contribution is -2.00. The van der Waals surface area contributed by atoms with Crippen LogP contribution in [0.2, 0.25) is 0 Å². The van der Waals surface area contributed by atoms with Gasteiger partial charge in [0.25, 0.3) is 0 Å². The van der Waals surface area contributed by atoms with Gasteiger partial charge in [-0.1, -0.05) is 0 Å². The topological polar surface area (TPSA) is 90.5 Å². The van der Waals surface area contributed by atoms with Crippen LogP contribution in [0.4, 0.5) is 11.5 Å². The Kier molecular flexibility index (Phi) is 5.73. The minimum atomic E-state index is 0.612. The lowest BCUT2D eigenvalue weighted by Gasteiger charge is -2.16. The Morgan fingerprint density at radius 3 is 2.63 bits per heavy atom. The van der Waals surface area contributed by atoms with E-state index in [2.05, 4.69) is 41.0 Å². The molecule has 2 N–H and O–H groups in total. The number of benzene rings is 1. The van der Waals surface area contributed by atoms with Crippen LogP contribution in [0.5, 0.6) is 11.5 Å². The molecule has 0 spiro atoms. The second-order valence-corrected chi connectivity index (χ2v) is 8.00. The number of imidazole rings is 1. The number of hydrogen-bond donors (Lipinski definition) is 2. The highest BCUT2D eigenvalue weighted by Crippen LogP contribution is 2.41. The highest BCUT2D eigenvalue weighted by molar-refractivity contribution is 9.10. The second kappa shape index (κ2) is 8.44. The molecule has 0 atom stereocenters. The first-order chi connectivity index (χ1) is 14.5. The largest absolute Gasteiger partial charge is 0.493 e. The molecule has 0 bridgehead atoms. The van der Waals surface area contributed by atoms with E-state index in [1.54, 1.807) is 25.1 Å². The molecule has 3 heterocycles. The molecule has 0 saturated heterocycles. The third-order valence-corrected chi connectivity index (χ3v) is 5.58. The van der Waals surface area contributed by atoms with Gasteiger partial charge in [0.2, 0.25) is 0 Å². The summed E-state index contributed by atoms with van der Waals surface area (Å²) in [4.78, 5) is 9.94. The number of nitrogens with zero attached hydrogens (tertiary/aromatic N) is 5. The summed E-state index contributed by atoms with van der Waals surface area (Å²) in [6, 6.07) is 3.93. The van der Waals surface area contributed by atoms with Crippen LogP contribution in [0.25, 0.3) is 16.9 Å². The van der Waals surface area contributed by atoms with Crippen molar-refractivity contribution in [3.05, 3.63) is 41.5 Å². The first kappa shape index (κ1) is 20.4. The van der Waals surface area contributed by atoms with Crippen molar-refractivity contribution in [1.82, 2.24) is 24.1 Å². The number of nitrogens with one attached hydrogen (secondary N) is 2. The van der Waals surface area contributed by atoms with Gasteiger partial charge in [-0.05, 0) is 40.0 Å². The van der Waals surface area contributed by atoms with Gasteiger partial charge in [0.05, 0.1) is 42.9 Å². The molecule has 3 aromatic heterocycles. The Hall–Kier alpha value is -2.92. The molecule has 0 saturated carbocycles. The van der Waals surface area contributed by atoms with Gasteiger partial charge >= 0.3 is 0 Å². The highest BCUT2D eigenvalue weighted by atomic mass is 79.9. The van der Waals surface area contributed by atoms with Crippen LogP contribution in [0.1, 0.15) is 0 Å². The number of aryl methyl sites for hydroxylation is 1. The maximum atomic E-state index is 5.60. The fourth-order valence-electron chi connectivity index (χ4n) is 3.09. The number of aromatic nitrogens is 5. The van der Waals surface area contributed by atoms with Crippen molar-refractivity contribution in [1.29, 1.82) is 0 Å². The number of rotatable bonds is 7. The van der Waals surface area contributed by atoms with E-state index in [-0.39, 0.29) is 0 Å². The summed E-state index contributed by atoms with van der Waals surface area (Å²) in [5, 5.41) is 7.27. The van der Waals surface area contributed by atoms with Crippen molar-refractivity contribution in [2.75, 3.05) is 31.3 Å². The molecule has 11 heteroatoms. The van der Waals surface area contributed by atoms with Crippen LogP contribution >= 0.6 is 27.9 Å². The van der Waals surface area contributed by atoms with Crippen LogP contribution in [-0.4, -0.2) is 45.4 Å². The number of ether oxygens (including phenoxy) is 2. The zero-order valence-electron chi connectivity index (χ0n) is 16.8.